The van der Waals surface area contributed by atoms with Gasteiger partial charge in [-0.1, -0.05) is 12.1 Å². The fourth-order valence-corrected chi connectivity index (χ4v) is 2.44. The third kappa shape index (κ3) is 5.21. The average Bonchev–Trinajstić information content (AvgIpc) is 2.34. The maximum absolute atomic E-state index is 11.3. The normalized spacial score (nSPS) is 12.2. The highest BCUT2D eigenvalue weighted by Crippen LogP contribution is 2.15. The number of nitrogen functional groups attached to an aromatic ring is 1. The lowest BCUT2D eigenvalue weighted by molar-refractivity contribution is 0.0953. The molecule has 0 spiro atoms. The fourth-order valence-electron chi connectivity index (χ4n) is 1.34. The van der Waals surface area contributed by atoms with Crippen LogP contribution in [0.25, 0.3) is 0 Å². The van der Waals surface area contributed by atoms with Crippen LogP contribution < -0.4 is 17.0 Å². The van der Waals surface area contributed by atoms with Crippen LogP contribution in [-0.4, -0.2) is 17.7 Å². The van der Waals surface area contributed by atoms with Crippen molar-refractivity contribution < 1.29 is 4.79 Å². The van der Waals surface area contributed by atoms with Gasteiger partial charge in [0.1, 0.15) is 0 Å². The van der Waals surface area contributed by atoms with Gasteiger partial charge in [-0.05, 0) is 36.8 Å². The first-order valence-corrected chi connectivity index (χ1v) is 6.72. The Morgan fingerprint density at radius 3 is 2.94 bits per heavy atom. The molecular weight excluding hydrogens is 234 g/mol. The van der Waals surface area contributed by atoms with Crippen molar-refractivity contribution in [3.05, 3.63) is 35.4 Å². The number of rotatable bonds is 6. The minimum atomic E-state index is -0.257. The minimum absolute atomic E-state index is 0.247. The summed E-state index contributed by atoms with van der Waals surface area (Å²) in [7, 11) is 0. The Hall–Kier alpha value is -1.04. The minimum Gasteiger partial charge on any atom is -0.328 e. The van der Waals surface area contributed by atoms with E-state index in [1.165, 1.54) is 0 Å². The van der Waals surface area contributed by atoms with E-state index in [9.17, 15) is 4.79 Å². The molecule has 1 aromatic rings. The molecule has 0 aromatic heterocycles. The topological polar surface area (TPSA) is 81.1 Å². The Labute approximate surface area is 106 Å². The van der Waals surface area contributed by atoms with Crippen molar-refractivity contribution in [2.24, 2.45) is 11.6 Å². The zero-order chi connectivity index (χ0) is 12.7. The largest absolute Gasteiger partial charge is 0.328 e. The second-order valence-electron chi connectivity index (χ2n) is 3.99. The highest BCUT2D eigenvalue weighted by atomic mass is 32.2. The lowest BCUT2D eigenvalue weighted by Crippen LogP contribution is -2.29. The van der Waals surface area contributed by atoms with Gasteiger partial charge in [-0.15, -0.1) is 0 Å². The first-order chi connectivity index (χ1) is 8.13. The summed E-state index contributed by atoms with van der Waals surface area (Å²) >= 11 is 1.82. The molecule has 1 amide bonds. The standard InChI is InChI=1S/C12H19N3OS/c1-9(13)5-6-17-8-10-3-2-4-11(7-10)12(16)15-14/h2-4,7,9H,5-6,8,13-14H2,1H3,(H,15,16). The summed E-state index contributed by atoms with van der Waals surface area (Å²) in [6.07, 6.45) is 1.01. The quantitative estimate of drug-likeness (QED) is 0.308. The van der Waals surface area contributed by atoms with E-state index in [0.29, 0.717) is 5.56 Å². The van der Waals surface area contributed by atoms with Crippen molar-refractivity contribution in [2.45, 2.75) is 25.1 Å². The third-order valence-corrected chi connectivity index (χ3v) is 3.37. The van der Waals surface area contributed by atoms with E-state index in [1.54, 1.807) is 6.07 Å². The van der Waals surface area contributed by atoms with Crippen molar-refractivity contribution in [1.82, 2.24) is 5.43 Å². The Balaban J connectivity index is 2.46. The van der Waals surface area contributed by atoms with E-state index in [-0.39, 0.29) is 11.9 Å². The first kappa shape index (κ1) is 14.0. The van der Waals surface area contributed by atoms with Crippen LogP contribution in [0, 0.1) is 0 Å². The van der Waals surface area contributed by atoms with E-state index in [2.05, 4.69) is 5.43 Å². The van der Waals surface area contributed by atoms with E-state index in [0.717, 1.165) is 23.5 Å². The van der Waals surface area contributed by atoms with Gasteiger partial charge >= 0.3 is 0 Å². The number of carbonyl (C=O) groups is 1. The van der Waals surface area contributed by atoms with E-state index >= 15 is 0 Å². The number of benzene rings is 1. The fraction of sp³-hybridized carbons (Fsp3) is 0.417. The van der Waals surface area contributed by atoms with Gasteiger partial charge in [-0.2, -0.15) is 11.8 Å². The van der Waals surface area contributed by atoms with Gasteiger partial charge in [-0.3, -0.25) is 10.2 Å². The van der Waals surface area contributed by atoms with Gasteiger partial charge in [0.2, 0.25) is 0 Å². The molecule has 5 heteroatoms. The van der Waals surface area contributed by atoms with Gasteiger partial charge in [0.25, 0.3) is 5.91 Å². The molecule has 0 saturated carbocycles. The molecule has 4 nitrogen and oxygen atoms in total. The molecule has 0 aliphatic carbocycles. The maximum Gasteiger partial charge on any atom is 0.265 e. The molecule has 1 aromatic carbocycles. The Morgan fingerprint density at radius 1 is 1.53 bits per heavy atom. The van der Waals surface area contributed by atoms with E-state index in [4.69, 9.17) is 11.6 Å². The van der Waals surface area contributed by atoms with Crippen LogP contribution >= 0.6 is 11.8 Å². The summed E-state index contributed by atoms with van der Waals surface area (Å²) in [5.74, 6) is 6.75. The second kappa shape index (κ2) is 7.32. The lowest BCUT2D eigenvalue weighted by Gasteiger charge is -2.06. The summed E-state index contributed by atoms with van der Waals surface area (Å²) in [4.78, 5) is 11.3. The number of nitrogens with one attached hydrogen (secondary N) is 1. The van der Waals surface area contributed by atoms with Gasteiger partial charge in [0, 0.05) is 17.4 Å². The molecule has 0 aliphatic rings. The molecule has 17 heavy (non-hydrogen) atoms. The molecule has 0 aliphatic heterocycles. The van der Waals surface area contributed by atoms with Crippen LogP contribution in [0.2, 0.25) is 0 Å². The number of carbonyl (C=O) groups excluding carboxylic acids is 1. The Kier molecular flexibility index (Phi) is 6.04. The van der Waals surface area contributed by atoms with Crippen molar-refractivity contribution in [1.29, 1.82) is 0 Å². The van der Waals surface area contributed by atoms with Gasteiger partial charge in [0.15, 0.2) is 0 Å². The molecule has 94 valence electrons. The highest BCUT2D eigenvalue weighted by Gasteiger charge is 2.04. The van der Waals surface area contributed by atoms with Crippen molar-refractivity contribution in [3.8, 4) is 0 Å². The maximum atomic E-state index is 11.3. The van der Waals surface area contributed by atoms with Crippen LogP contribution in [0.4, 0.5) is 0 Å². The van der Waals surface area contributed by atoms with Crippen molar-refractivity contribution in [2.75, 3.05) is 5.75 Å². The van der Waals surface area contributed by atoms with E-state index < -0.39 is 0 Å². The molecule has 0 radical (unpaired) electrons. The predicted molar refractivity (Wildman–Crippen MR) is 72.5 cm³/mol. The summed E-state index contributed by atoms with van der Waals surface area (Å²) in [5.41, 5.74) is 9.52. The van der Waals surface area contributed by atoms with Crippen LogP contribution in [0.15, 0.2) is 24.3 Å². The zero-order valence-corrected chi connectivity index (χ0v) is 10.8. The SMILES string of the molecule is CC(N)CCSCc1cccc(C(=O)NN)c1. The predicted octanol–water partition coefficient (Wildman–Crippen LogP) is 1.26. The van der Waals surface area contributed by atoms with Crippen molar-refractivity contribution >= 4 is 17.7 Å². The smallest absolute Gasteiger partial charge is 0.265 e. The summed E-state index contributed by atoms with van der Waals surface area (Å²) < 4.78 is 0. The molecule has 0 fully saturated rings. The van der Waals surface area contributed by atoms with Crippen LogP contribution in [0.1, 0.15) is 29.3 Å². The molecule has 5 N–H and O–H groups in total. The average molecular weight is 253 g/mol. The van der Waals surface area contributed by atoms with E-state index in [1.807, 2.05) is 36.9 Å². The summed E-state index contributed by atoms with van der Waals surface area (Å²) in [6, 6.07) is 7.73. The molecule has 0 bridgehead atoms. The van der Waals surface area contributed by atoms with Crippen molar-refractivity contribution in [3.63, 3.8) is 0 Å². The van der Waals surface area contributed by atoms with Crippen LogP contribution in [-0.2, 0) is 5.75 Å². The van der Waals surface area contributed by atoms with Crippen LogP contribution in [0.3, 0.4) is 0 Å². The number of hydrogen-bond donors (Lipinski definition) is 3. The van der Waals surface area contributed by atoms with Gasteiger partial charge in [-0.25, -0.2) is 5.84 Å². The van der Waals surface area contributed by atoms with Gasteiger partial charge in [0.05, 0.1) is 0 Å². The Morgan fingerprint density at radius 2 is 2.29 bits per heavy atom. The highest BCUT2D eigenvalue weighted by molar-refractivity contribution is 7.98. The third-order valence-electron chi connectivity index (χ3n) is 2.31. The molecule has 1 unspecified atom stereocenters. The molecule has 1 rings (SSSR count). The number of hydrazine groups is 1. The Bertz CT molecular complexity index is 369. The molecular formula is C12H19N3OS. The first-order valence-electron chi connectivity index (χ1n) is 5.56. The molecule has 1 atom stereocenters. The summed E-state index contributed by atoms with van der Waals surface area (Å²) in [5, 5.41) is 0. The second-order valence-corrected chi connectivity index (χ2v) is 5.10. The number of hydrogen-bond acceptors (Lipinski definition) is 4. The van der Waals surface area contributed by atoms with Crippen LogP contribution in [0.5, 0.6) is 0 Å². The number of thioether (sulfide) groups is 1. The van der Waals surface area contributed by atoms with Gasteiger partial charge < -0.3 is 5.73 Å². The summed E-state index contributed by atoms with van der Waals surface area (Å²) in [6.45, 7) is 2.01. The zero-order valence-electron chi connectivity index (χ0n) is 9.98. The number of nitrogens with two attached hydrogens (primary N) is 2. The molecule has 0 saturated heterocycles. The molecule has 0 heterocycles. The lowest BCUT2D eigenvalue weighted by atomic mass is 10.1. The monoisotopic (exact) mass is 253 g/mol. The number of amides is 1.